The van der Waals surface area contributed by atoms with Crippen molar-refractivity contribution in [1.82, 2.24) is 24.9 Å². The normalized spacial score (nSPS) is 15.8. The van der Waals surface area contributed by atoms with Gasteiger partial charge >= 0.3 is 12.4 Å². The number of aliphatic hydroxyl groups excluding tert-OH is 1. The van der Waals surface area contributed by atoms with Crippen LogP contribution in [-0.2, 0) is 18.9 Å². The molecule has 0 radical (unpaired) electrons. The summed E-state index contributed by atoms with van der Waals surface area (Å²) < 4.78 is 94.4. The fraction of sp³-hybridized carbons (Fsp3) is 0.323. The standard InChI is InChI=1S/C31H27F6N5O4/c32-30(33,34)21-6-4-19(5-7-21)29-39-27(40-46-29)17-42-12-10-41(11-13-42)16-23(43)18-44-24-8-9-26-25(15-24)38-28(45-26)20-2-1-3-22(14-20)31(35,36)37/h1-9,14-15,23,43H,10-13,16-18H2/t23-/m0/s1. The molecule has 1 fully saturated rings. The van der Waals surface area contributed by atoms with E-state index in [1.54, 1.807) is 18.2 Å². The van der Waals surface area contributed by atoms with Gasteiger partial charge in [0.25, 0.3) is 5.89 Å². The summed E-state index contributed by atoms with van der Waals surface area (Å²) in [6.45, 7) is 3.49. The van der Waals surface area contributed by atoms with E-state index < -0.39 is 29.6 Å². The van der Waals surface area contributed by atoms with Gasteiger partial charge in [-0.15, -0.1) is 0 Å². The zero-order valence-electron chi connectivity index (χ0n) is 24.1. The number of rotatable bonds is 9. The summed E-state index contributed by atoms with van der Waals surface area (Å²) in [5.74, 6) is 1.04. The van der Waals surface area contributed by atoms with Crippen molar-refractivity contribution in [2.45, 2.75) is 25.0 Å². The fourth-order valence-corrected chi connectivity index (χ4v) is 5.06. The number of benzene rings is 3. The van der Waals surface area contributed by atoms with E-state index in [0.29, 0.717) is 67.5 Å². The molecule has 1 aliphatic heterocycles. The number of nitrogens with zero attached hydrogens (tertiary/aromatic N) is 5. The highest BCUT2D eigenvalue weighted by Crippen LogP contribution is 2.34. The molecular formula is C31H27F6N5O4. The lowest BCUT2D eigenvalue weighted by Crippen LogP contribution is -2.48. The Morgan fingerprint density at radius 1 is 0.783 bits per heavy atom. The molecule has 3 heterocycles. The molecule has 1 saturated heterocycles. The molecule has 6 rings (SSSR count). The van der Waals surface area contributed by atoms with Crippen LogP contribution in [0.1, 0.15) is 17.0 Å². The van der Waals surface area contributed by atoms with Crippen molar-refractivity contribution in [2.75, 3.05) is 39.3 Å². The van der Waals surface area contributed by atoms with Crippen LogP contribution < -0.4 is 4.74 Å². The van der Waals surface area contributed by atoms with Gasteiger partial charge in [-0.3, -0.25) is 9.80 Å². The third-order valence-electron chi connectivity index (χ3n) is 7.46. The van der Waals surface area contributed by atoms with Gasteiger partial charge in [0.15, 0.2) is 11.4 Å². The average molecular weight is 648 g/mol. The van der Waals surface area contributed by atoms with Gasteiger partial charge in [-0.25, -0.2) is 4.98 Å². The Bertz CT molecular complexity index is 1780. The van der Waals surface area contributed by atoms with Crippen molar-refractivity contribution in [3.63, 3.8) is 0 Å². The first kappa shape index (κ1) is 31.5. The molecule has 46 heavy (non-hydrogen) atoms. The first-order chi connectivity index (χ1) is 21.9. The molecule has 0 saturated carbocycles. The first-order valence-corrected chi connectivity index (χ1v) is 14.2. The van der Waals surface area contributed by atoms with Gasteiger partial charge < -0.3 is 18.8 Å². The van der Waals surface area contributed by atoms with E-state index in [1.165, 1.54) is 24.3 Å². The molecule has 0 amide bonds. The van der Waals surface area contributed by atoms with E-state index in [1.807, 2.05) is 0 Å². The van der Waals surface area contributed by atoms with Crippen molar-refractivity contribution < 1.29 is 45.1 Å². The molecule has 242 valence electrons. The molecule has 1 aliphatic rings. The molecule has 5 aromatic rings. The van der Waals surface area contributed by atoms with Crippen LogP contribution in [0.2, 0.25) is 0 Å². The van der Waals surface area contributed by atoms with Gasteiger partial charge in [0.2, 0.25) is 5.89 Å². The number of β-amino-alcohol motifs (C(OH)–C–C–N with tert-alkyl or cyclic N) is 1. The van der Waals surface area contributed by atoms with Crippen molar-refractivity contribution in [2.24, 2.45) is 0 Å². The second kappa shape index (κ2) is 12.7. The predicted molar refractivity (Wildman–Crippen MR) is 152 cm³/mol. The third kappa shape index (κ3) is 7.49. The Morgan fingerprint density at radius 2 is 1.50 bits per heavy atom. The minimum Gasteiger partial charge on any atom is -0.491 e. The van der Waals surface area contributed by atoms with Crippen LogP contribution >= 0.6 is 0 Å². The Morgan fingerprint density at radius 3 is 2.22 bits per heavy atom. The van der Waals surface area contributed by atoms with Gasteiger partial charge in [-0.05, 0) is 54.6 Å². The predicted octanol–water partition coefficient (Wildman–Crippen LogP) is 6.14. The van der Waals surface area contributed by atoms with Crippen LogP contribution in [0.25, 0.3) is 34.0 Å². The number of halogens is 6. The molecule has 0 aliphatic carbocycles. The number of fused-ring (bicyclic) bond motifs is 1. The number of hydrogen-bond acceptors (Lipinski definition) is 9. The summed E-state index contributed by atoms with van der Waals surface area (Å²) in [6.07, 6.45) is -9.70. The lowest BCUT2D eigenvalue weighted by atomic mass is 10.1. The fourth-order valence-electron chi connectivity index (χ4n) is 5.06. The summed E-state index contributed by atoms with van der Waals surface area (Å²) in [7, 11) is 0. The molecule has 3 aromatic carbocycles. The summed E-state index contributed by atoms with van der Waals surface area (Å²) in [5.41, 5.74) is -0.171. The van der Waals surface area contributed by atoms with Crippen LogP contribution in [0.4, 0.5) is 26.3 Å². The lowest BCUT2D eigenvalue weighted by Gasteiger charge is -2.34. The minimum atomic E-state index is -4.49. The van der Waals surface area contributed by atoms with E-state index >= 15 is 0 Å². The number of alkyl halides is 6. The quantitative estimate of drug-likeness (QED) is 0.189. The number of ether oxygens (including phenoxy) is 1. The number of piperazine rings is 1. The highest BCUT2D eigenvalue weighted by atomic mass is 19.4. The second-order valence-corrected chi connectivity index (χ2v) is 10.9. The highest BCUT2D eigenvalue weighted by molar-refractivity contribution is 5.77. The Kier molecular flexibility index (Phi) is 8.72. The van der Waals surface area contributed by atoms with Crippen LogP contribution in [0.3, 0.4) is 0 Å². The highest BCUT2D eigenvalue weighted by Gasteiger charge is 2.31. The van der Waals surface area contributed by atoms with E-state index in [9.17, 15) is 31.4 Å². The molecular weight excluding hydrogens is 620 g/mol. The van der Waals surface area contributed by atoms with Crippen LogP contribution in [0.15, 0.2) is 75.7 Å². The van der Waals surface area contributed by atoms with Gasteiger partial charge in [-0.1, -0.05) is 11.2 Å². The molecule has 1 atom stereocenters. The summed E-state index contributed by atoms with van der Waals surface area (Å²) in [6, 6.07) is 14.1. The Labute approximate surface area is 258 Å². The number of oxazole rings is 1. The molecule has 1 N–H and O–H groups in total. The van der Waals surface area contributed by atoms with Gasteiger partial charge in [-0.2, -0.15) is 31.3 Å². The van der Waals surface area contributed by atoms with Crippen LogP contribution in [0.5, 0.6) is 5.75 Å². The monoisotopic (exact) mass is 647 g/mol. The zero-order chi connectivity index (χ0) is 32.5. The van der Waals surface area contributed by atoms with Crippen molar-refractivity contribution in [3.05, 3.63) is 83.7 Å². The SMILES string of the molecule is O[C@H](COc1ccc2oc(-c3cccc(C(F)(F)F)c3)nc2c1)CN1CCN(Cc2noc(-c3ccc(C(F)(F)F)cc3)n2)CC1. The second-order valence-electron chi connectivity index (χ2n) is 10.9. The van der Waals surface area contributed by atoms with Crippen molar-refractivity contribution in [1.29, 1.82) is 0 Å². The lowest BCUT2D eigenvalue weighted by molar-refractivity contribution is -0.138. The molecule has 0 unspecified atom stereocenters. The van der Waals surface area contributed by atoms with Gasteiger partial charge in [0.05, 0.1) is 17.7 Å². The minimum absolute atomic E-state index is 0.0135. The average Bonchev–Trinajstić information content (AvgIpc) is 3.67. The summed E-state index contributed by atoms with van der Waals surface area (Å²) in [5, 5.41) is 14.5. The van der Waals surface area contributed by atoms with Gasteiger partial charge in [0, 0.05) is 49.9 Å². The van der Waals surface area contributed by atoms with E-state index in [0.717, 1.165) is 24.3 Å². The largest absolute Gasteiger partial charge is 0.491 e. The van der Waals surface area contributed by atoms with E-state index in [-0.39, 0.29) is 24.0 Å². The van der Waals surface area contributed by atoms with Crippen molar-refractivity contribution >= 4 is 11.1 Å². The topological polar surface area (TPSA) is 101 Å². The van der Waals surface area contributed by atoms with Gasteiger partial charge in [0.1, 0.15) is 24.0 Å². The molecule has 9 nitrogen and oxygen atoms in total. The van der Waals surface area contributed by atoms with E-state index in [4.69, 9.17) is 13.7 Å². The molecule has 2 aromatic heterocycles. The Balaban J connectivity index is 0.962. The van der Waals surface area contributed by atoms with Crippen molar-refractivity contribution in [3.8, 4) is 28.7 Å². The maximum Gasteiger partial charge on any atom is 0.416 e. The number of hydrogen-bond donors (Lipinski definition) is 1. The molecule has 0 spiro atoms. The zero-order valence-corrected chi connectivity index (χ0v) is 24.1. The first-order valence-electron chi connectivity index (χ1n) is 14.2. The van der Waals surface area contributed by atoms with E-state index in [2.05, 4.69) is 24.9 Å². The smallest absolute Gasteiger partial charge is 0.416 e. The maximum absolute atomic E-state index is 13.1. The maximum atomic E-state index is 13.1. The Hall–Kier alpha value is -4.47. The number of aromatic nitrogens is 3. The van der Waals surface area contributed by atoms with Crippen LogP contribution in [-0.4, -0.2) is 75.5 Å². The molecule has 0 bridgehead atoms. The molecule has 15 heteroatoms. The summed E-state index contributed by atoms with van der Waals surface area (Å²) in [4.78, 5) is 12.8. The van der Waals surface area contributed by atoms with Crippen LogP contribution in [0, 0.1) is 0 Å². The summed E-state index contributed by atoms with van der Waals surface area (Å²) >= 11 is 0. The third-order valence-corrected chi connectivity index (χ3v) is 7.46. The number of aliphatic hydroxyl groups is 1.